The minimum absolute atomic E-state index is 1.03. The van der Waals surface area contributed by atoms with Gasteiger partial charge in [-0.3, -0.25) is 4.99 Å². The van der Waals surface area contributed by atoms with Crippen LogP contribution in [-0.4, -0.2) is 6.21 Å². The van der Waals surface area contributed by atoms with Gasteiger partial charge in [0.2, 0.25) is 0 Å². The highest BCUT2D eigenvalue weighted by Crippen LogP contribution is 2.11. The first-order chi connectivity index (χ1) is 2.89. The molecule has 0 atom stereocenters. The third-order valence-electron chi connectivity index (χ3n) is 0.606. The molecule has 0 aromatic rings. The Kier molecular flexibility index (Phi) is 1.24. The molecule has 2 heteroatoms. The second kappa shape index (κ2) is 1.73. The van der Waals surface area contributed by atoms with Crippen molar-refractivity contribution < 1.29 is 0 Å². The summed E-state index contributed by atoms with van der Waals surface area (Å²) < 4.78 is 1.12. The van der Waals surface area contributed by atoms with Crippen LogP contribution in [0, 0.1) is 0 Å². The van der Waals surface area contributed by atoms with Crippen LogP contribution in [0.15, 0.2) is 14.8 Å². The van der Waals surface area contributed by atoms with Crippen molar-refractivity contribution in [1.29, 1.82) is 0 Å². The molecule has 32 valence electrons. The summed E-state index contributed by atoms with van der Waals surface area (Å²) in [5.41, 5.74) is 0. The van der Waals surface area contributed by atoms with Crippen molar-refractivity contribution in [3.05, 3.63) is 9.78 Å². The average molecular weight is 193 g/mol. The highest BCUT2D eigenvalue weighted by molar-refractivity contribution is 14.1. The molecule has 0 aromatic carbocycles. The summed E-state index contributed by atoms with van der Waals surface area (Å²) in [5.74, 6) is 0. The van der Waals surface area contributed by atoms with Gasteiger partial charge in [0.25, 0.3) is 0 Å². The minimum atomic E-state index is 1.03. The molecule has 0 N–H and O–H groups in total. The zero-order valence-corrected chi connectivity index (χ0v) is 5.34. The summed E-state index contributed by atoms with van der Waals surface area (Å²) in [5, 5.41) is 0. The van der Waals surface area contributed by atoms with Crippen LogP contribution in [0.2, 0.25) is 0 Å². The number of hydrogen-bond acceptors (Lipinski definition) is 1. The maximum atomic E-state index is 3.96. The average Bonchev–Trinajstić information content (AvgIpc) is 1.86. The fourth-order valence-corrected chi connectivity index (χ4v) is 0.794. The van der Waals surface area contributed by atoms with E-state index in [1.807, 2.05) is 6.21 Å². The Morgan fingerprint density at radius 2 is 2.67 bits per heavy atom. The van der Waals surface area contributed by atoms with Crippen molar-refractivity contribution in [2.75, 3.05) is 0 Å². The van der Waals surface area contributed by atoms with Crippen LogP contribution in [0.25, 0.3) is 0 Å². The van der Waals surface area contributed by atoms with E-state index in [-0.39, 0.29) is 0 Å². The Bertz CT molecular complexity index is 101. The van der Waals surface area contributed by atoms with Crippen LogP contribution >= 0.6 is 22.6 Å². The summed E-state index contributed by atoms with van der Waals surface area (Å²) in [6.07, 6.45) is 5.01. The van der Waals surface area contributed by atoms with E-state index >= 15 is 0 Å². The Balaban J connectivity index is 2.68. The van der Waals surface area contributed by atoms with Gasteiger partial charge in [0.05, 0.1) is 3.70 Å². The second-order valence-electron chi connectivity index (χ2n) is 1.07. The third kappa shape index (κ3) is 0.801. The molecule has 0 saturated carbocycles. The van der Waals surface area contributed by atoms with Gasteiger partial charge in [-0.05, 0) is 28.7 Å². The monoisotopic (exact) mass is 193 g/mol. The molecule has 1 aliphatic heterocycles. The molecule has 1 heterocycles. The molecule has 0 fully saturated rings. The van der Waals surface area contributed by atoms with Crippen LogP contribution in [0.5, 0.6) is 0 Å². The highest BCUT2D eigenvalue weighted by atomic mass is 127. The van der Waals surface area contributed by atoms with Gasteiger partial charge in [-0.15, -0.1) is 0 Å². The Morgan fingerprint density at radius 3 is 2.83 bits per heavy atom. The number of rotatable bonds is 0. The summed E-state index contributed by atoms with van der Waals surface area (Å²) >= 11 is 2.20. The first-order valence-electron chi connectivity index (χ1n) is 1.78. The summed E-state index contributed by atoms with van der Waals surface area (Å²) in [6.45, 7) is 0. The maximum absolute atomic E-state index is 3.96. The van der Waals surface area contributed by atoms with Gasteiger partial charge in [0, 0.05) is 12.6 Å². The van der Waals surface area contributed by atoms with Crippen molar-refractivity contribution >= 4 is 28.8 Å². The van der Waals surface area contributed by atoms with E-state index in [1.165, 1.54) is 0 Å². The zero-order chi connectivity index (χ0) is 4.41. The predicted octanol–water partition coefficient (Wildman–Crippen LogP) is 1.74. The van der Waals surface area contributed by atoms with Crippen molar-refractivity contribution in [3.8, 4) is 0 Å². The van der Waals surface area contributed by atoms with E-state index in [0.717, 1.165) is 10.1 Å². The van der Waals surface area contributed by atoms with Gasteiger partial charge in [-0.25, -0.2) is 0 Å². The van der Waals surface area contributed by atoms with E-state index in [1.54, 1.807) is 0 Å². The van der Waals surface area contributed by atoms with Crippen LogP contribution in [0.4, 0.5) is 0 Å². The van der Waals surface area contributed by atoms with Gasteiger partial charge in [-0.2, -0.15) is 0 Å². The van der Waals surface area contributed by atoms with E-state index in [9.17, 15) is 0 Å². The number of halogens is 1. The van der Waals surface area contributed by atoms with Gasteiger partial charge >= 0.3 is 0 Å². The summed E-state index contributed by atoms with van der Waals surface area (Å²) in [4.78, 5) is 3.96. The topological polar surface area (TPSA) is 12.4 Å². The van der Waals surface area contributed by atoms with E-state index < -0.39 is 0 Å². The van der Waals surface area contributed by atoms with Crippen molar-refractivity contribution in [2.45, 2.75) is 6.42 Å². The SMILES string of the molecule is IC1=CCC=N1. The molecule has 6 heavy (non-hydrogen) atoms. The molecule has 0 aromatic heterocycles. The predicted molar refractivity (Wildman–Crippen MR) is 35.2 cm³/mol. The van der Waals surface area contributed by atoms with Crippen molar-refractivity contribution in [1.82, 2.24) is 0 Å². The molecule has 0 unspecified atom stereocenters. The van der Waals surface area contributed by atoms with E-state index in [4.69, 9.17) is 0 Å². The van der Waals surface area contributed by atoms with Gasteiger partial charge in [0.1, 0.15) is 0 Å². The first kappa shape index (κ1) is 4.30. The van der Waals surface area contributed by atoms with Crippen LogP contribution < -0.4 is 0 Å². The lowest BCUT2D eigenvalue weighted by Gasteiger charge is -1.69. The molecule has 0 bridgehead atoms. The molecular weight excluding hydrogens is 189 g/mol. The minimum Gasteiger partial charge on any atom is -0.255 e. The van der Waals surface area contributed by atoms with Gasteiger partial charge in [0.15, 0.2) is 0 Å². The Labute approximate surface area is 50.3 Å². The van der Waals surface area contributed by atoms with Gasteiger partial charge < -0.3 is 0 Å². The number of allylic oxidation sites excluding steroid dienone is 1. The van der Waals surface area contributed by atoms with E-state index in [0.29, 0.717) is 0 Å². The molecule has 0 spiro atoms. The maximum Gasteiger partial charge on any atom is 0.0969 e. The highest BCUT2D eigenvalue weighted by Gasteiger charge is 1.87. The fraction of sp³-hybridized carbons (Fsp3) is 0.250. The quantitative estimate of drug-likeness (QED) is 0.410. The Morgan fingerprint density at radius 1 is 1.83 bits per heavy atom. The number of hydrogen-bond donors (Lipinski definition) is 0. The van der Waals surface area contributed by atoms with E-state index in [2.05, 4.69) is 33.7 Å². The molecule has 1 nitrogen and oxygen atoms in total. The van der Waals surface area contributed by atoms with Crippen LogP contribution in [0.1, 0.15) is 6.42 Å². The number of aliphatic imine (C=N–C) groups is 1. The van der Waals surface area contributed by atoms with Crippen molar-refractivity contribution in [3.63, 3.8) is 0 Å². The lowest BCUT2D eigenvalue weighted by atomic mass is 10.5. The second-order valence-corrected chi connectivity index (χ2v) is 2.18. The molecule has 0 saturated heterocycles. The molecular formula is C4H4IN. The zero-order valence-electron chi connectivity index (χ0n) is 3.19. The number of nitrogens with zero attached hydrogens (tertiary/aromatic N) is 1. The lowest BCUT2D eigenvalue weighted by molar-refractivity contribution is 1.59. The van der Waals surface area contributed by atoms with Gasteiger partial charge in [-0.1, -0.05) is 0 Å². The molecule has 1 aliphatic rings. The largest absolute Gasteiger partial charge is 0.255 e. The standard InChI is InChI=1S/C4H4IN/c5-4-2-1-3-6-4/h2-3H,1H2. The molecule has 0 amide bonds. The molecule has 0 radical (unpaired) electrons. The molecule has 0 aliphatic carbocycles. The third-order valence-corrected chi connectivity index (χ3v) is 1.33. The first-order valence-corrected chi connectivity index (χ1v) is 2.85. The molecule has 1 rings (SSSR count). The Hall–Kier alpha value is 0.140. The smallest absolute Gasteiger partial charge is 0.0969 e. The van der Waals surface area contributed by atoms with Crippen LogP contribution in [-0.2, 0) is 0 Å². The van der Waals surface area contributed by atoms with Crippen LogP contribution in [0.3, 0.4) is 0 Å². The van der Waals surface area contributed by atoms with Crippen molar-refractivity contribution in [2.24, 2.45) is 4.99 Å². The fourth-order valence-electron chi connectivity index (χ4n) is 0.343. The lowest BCUT2D eigenvalue weighted by Crippen LogP contribution is -1.52. The normalized spacial score (nSPS) is 18.5. The summed E-state index contributed by atoms with van der Waals surface area (Å²) in [6, 6.07) is 0. The summed E-state index contributed by atoms with van der Waals surface area (Å²) in [7, 11) is 0.